The molecule has 3 rings (SSSR count). The van der Waals surface area contributed by atoms with Crippen LogP contribution >= 0.6 is 11.3 Å². The number of fused-ring (bicyclic) bond motifs is 1. The number of Topliss-reactive ketones (excluding diaryl/α,β-unsaturated/α-hetero) is 1. The third-order valence-electron chi connectivity index (χ3n) is 7.96. The molecular formula is C29H41NO6S. The molecule has 7 unspecified atom stereocenters. The normalized spacial score (nSPS) is 23.7. The topological polar surface area (TPSA) is 120 Å². The summed E-state index contributed by atoms with van der Waals surface area (Å²) in [4.78, 5) is 28.6. The molecular weight excluding hydrogens is 490 g/mol. The van der Waals surface area contributed by atoms with Crippen molar-refractivity contribution in [2.24, 2.45) is 17.3 Å². The lowest BCUT2D eigenvalue weighted by atomic mass is 9.71. The molecule has 0 saturated carbocycles. The molecule has 3 N–H and O–H groups in total. The average molecular weight is 532 g/mol. The largest absolute Gasteiger partial charge is 0.392 e. The third kappa shape index (κ3) is 6.55. The number of ether oxygens (including phenoxy) is 1. The highest BCUT2D eigenvalue weighted by Crippen LogP contribution is 2.48. The molecule has 7 nitrogen and oxygen atoms in total. The minimum absolute atomic E-state index is 0.131. The van der Waals surface area contributed by atoms with Crippen molar-refractivity contribution in [3.05, 3.63) is 41.4 Å². The highest BCUT2D eigenvalue weighted by atomic mass is 32.1. The van der Waals surface area contributed by atoms with Gasteiger partial charge in [-0.1, -0.05) is 39.3 Å². The van der Waals surface area contributed by atoms with Crippen molar-refractivity contribution in [2.75, 3.05) is 0 Å². The summed E-state index contributed by atoms with van der Waals surface area (Å²) in [6.45, 7) is 12.8. The van der Waals surface area contributed by atoms with E-state index in [2.05, 4.69) is 11.6 Å². The number of ketones is 1. The Kier molecular flexibility index (Phi) is 9.46. The van der Waals surface area contributed by atoms with Gasteiger partial charge in [-0.25, -0.2) is 4.98 Å². The Morgan fingerprint density at radius 2 is 2.00 bits per heavy atom. The van der Waals surface area contributed by atoms with Gasteiger partial charge in [0, 0.05) is 12.3 Å². The summed E-state index contributed by atoms with van der Waals surface area (Å²) in [7, 11) is 0. The first-order valence-corrected chi connectivity index (χ1v) is 13.8. The van der Waals surface area contributed by atoms with Crippen molar-refractivity contribution >= 4 is 33.6 Å². The van der Waals surface area contributed by atoms with Gasteiger partial charge in [0.05, 0.1) is 38.4 Å². The number of aryl methyl sites for hydroxylation is 1. The number of carbonyl (C=O) groups is 2. The van der Waals surface area contributed by atoms with Crippen LogP contribution in [0.2, 0.25) is 0 Å². The van der Waals surface area contributed by atoms with Crippen LogP contribution in [-0.4, -0.2) is 56.3 Å². The molecule has 0 amide bonds. The Hall–Kier alpha value is -1.97. The number of rotatable bonds is 15. The van der Waals surface area contributed by atoms with E-state index < -0.39 is 35.2 Å². The summed E-state index contributed by atoms with van der Waals surface area (Å²) in [5.74, 6) is -1.15. The quantitative estimate of drug-likeness (QED) is 0.173. The maximum Gasteiger partial charge on any atom is 0.147 e. The highest BCUT2D eigenvalue weighted by Gasteiger charge is 2.55. The van der Waals surface area contributed by atoms with Crippen LogP contribution in [0.15, 0.2) is 30.9 Å². The number of hydrogen-bond acceptors (Lipinski definition) is 8. The van der Waals surface area contributed by atoms with Crippen LogP contribution < -0.4 is 0 Å². The van der Waals surface area contributed by atoms with Crippen molar-refractivity contribution in [3.8, 4) is 0 Å². The fourth-order valence-corrected chi connectivity index (χ4v) is 6.03. The first kappa shape index (κ1) is 29.6. The Bertz CT molecular complexity index is 1110. The number of allylic oxidation sites excluding steroid dienone is 1. The number of benzene rings is 1. The van der Waals surface area contributed by atoms with E-state index in [1.54, 1.807) is 31.3 Å². The van der Waals surface area contributed by atoms with Crippen LogP contribution in [0.4, 0.5) is 0 Å². The van der Waals surface area contributed by atoms with Gasteiger partial charge in [-0.2, -0.15) is 0 Å². The number of aliphatic hydroxyl groups excluding tert-OH is 3. The van der Waals surface area contributed by atoms with Gasteiger partial charge in [-0.05, 0) is 56.7 Å². The van der Waals surface area contributed by atoms with E-state index >= 15 is 0 Å². The number of aldehydes is 1. The second-order valence-electron chi connectivity index (χ2n) is 11.3. The molecule has 1 aromatic heterocycles. The molecule has 1 saturated heterocycles. The molecule has 1 fully saturated rings. The van der Waals surface area contributed by atoms with Gasteiger partial charge in [0.2, 0.25) is 0 Å². The second-order valence-corrected chi connectivity index (χ2v) is 12.5. The van der Waals surface area contributed by atoms with Crippen LogP contribution in [0.1, 0.15) is 76.5 Å². The zero-order valence-electron chi connectivity index (χ0n) is 22.5. The zero-order valence-corrected chi connectivity index (χ0v) is 23.3. The molecule has 0 bridgehead atoms. The predicted molar refractivity (Wildman–Crippen MR) is 145 cm³/mol. The van der Waals surface area contributed by atoms with E-state index in [1.807, 2.05) is 39.0 Å². The van der Waals surface area contributed by atoms with Crippen molar-refractivity contribution in [3.63, 3.8) is 0 Å². The van der Waals surface area contributed by atoms with E-state index in [9.17, 15) is 24.9 Å². The number of nitrogens with zero attached hydrogens (tertiary/aromatic N) is 1. The molecule has 1 aliphatic rings. The van der Waals surface area contributed by atoms with E-state index in [1.165, 1.54) is 0 Å². The van der Waals surface area contributed by atoms with Crippen molar-refractivity contribution in [1.29, 1.82) is 0 Å². The van der Waals surface area contributed by atoms with Crippen LogP contribution in [0, 0.1) is 24.2 Å². The third-order valence-corrected chi connectivity index (χ3v) is 8.91. The van der Waals surface area contributed by atoms with Crippen molar-refractivity contribution in [1.82, 2.24) is 4.98 Å². The summed E-state index contributed by atoms with van der Waals surface area (Å²) < 4.78 is 7.04. The molecule has 1 aromatic carbocycles. The maximum atomic E-state index is 13.3. The van der Waals surface area contributed by atoms with Gasteiger partial charge in [0.15, 0.2) is 0 Å². The van der Waals surface area contributed by atoms with Crippen LogP contribution in [0.25, 0.3) is 10.2 Å². The van der Waals surface area contributed by atoms with E-state index in [0.717, 1.165) is 27.2 Å². The highest BCUT2D eigenvalue weighted by molar-refractivity contribution is 7.18. The first-order valence-electron chi connectivity index (χ1n) is 13.0. The molecule has 37 heavy (non-hydrogen) atoms. The standard InChI is InChI=1S/C29H41NO6S/c1-7-9-20(26(35)28(4,5)23(32)13-15-31)24(33)17(2)10-8-14-29(6)27(36-29)25(34)19-11-12-22-21(16-19)30-18(3)37-22/h7,11-12,15-17,20,23-25,27,32-34H,1,8-10,13-14H2,2-6H3. The molecule has 1 aliphatic heterocycles. The Balaban J connectivity index is 1.56. The van der Waals surface area contributed by atoms with Gasteiger partial charge in [0.1, 0.15) is 24.3 Å². The summed E-state index contributed by atoms with van der Waals surface area (Å²) in [6, 6.07) is 5.84. The van der Waals surface area contributed by atoms with E-state index in [-0.39, 0.29) is 24.2 Å². The molecule has 204 valence electrons. The number of carbonyl (C=O) groups excluding carboxylic acids is 2. The average Bonchev–Trinajstić information content (AvgIpc) is 3.37. The molecule has 7 atom stereocenters. The molecule has 2 heterocycles. The van der Waals surface area contributed by atoms with Crippen molar-refractivity contribution in [2.45, 2.75) is 96.7 Å². The second kappa shape index (κ2) is 11.8. The van der Waals surface area contributed by atoms with Crippen LogP contribution in [0.5, 0.6) is 0 Å². The van der Waals surface area contributed by atoms with Gasteiger partial charge >= 0.3 is 0 Å². The molecule has 0 radical (unpaired) electrons. The van der Waals surface area contributed by atoms with Gasteiger partial charge < -0.3 is 24.9 Å². The lowest BCUT2D eigenvalue weighted by Crippen LogP contribution is -2.45. The first-order chi connectivity index (χ1) is 17.4. The number of aliphatic hydroxyl groups is 3. The zero-order chi connectivity index (χ0) is 27.5. The number of epoxide rings is 1. The Morgan fingerprint density at radius 3 is 2.65 bits per heavy atom. The minimum Gasteiger partial charge on any atom is -0.392 e. The maximum absolute atomic E-state index is 13.3. The van der Waals surface area contributed by atoms with Gasteiger partial charge in [-0.3, -0.25) is 4.79 Å². The number of thiazole rings is 1. The lowest BCUT2D eigenvalue weighted by Gasteiger charge is -2.35. The smallest absolute Gasteiger partial charge is 0.147 e. The summed E-state index contributed by atoms with van der Waals surface area (Å²) in [6.07, 6.45) is 1.45. The number of hydrogen-bond donors (Lipinski definition) is 3. The summed E-state index contributed by atoms with van der Waals surface area (Å²) >= 11 is 1.63. The fourth-order valence-electron chi connectivity index (χ4n) is 5.23. The van der Waals surface area contributed by atoms with Crippen molar-refractivity contribution < 1.29 is 29.6 Å². The monoisotopic (exact) mass is 531 g/mol. The predicted octanol–water partition coefficient (Wildman–Crippen LogP) is 4.70. The molecule has 2 aromatic rings. The summed E-state index contributed by atoms with van der Waals surface area (Å²) in [5, 5.41) is 33.3. The lowest BCUT2D eigenvalue weighted by molar-refractivity contribution is -0.142. The Morgan fingerprint density at radius 1 is 1.30 bits per heavy atom. The van der Waals surface area contributed by atoms with E-state index in [4.69, 9.17) is 4.74 Å². The van der Waals surface area contributed by atoms with E-state index in [0.29, 0.717) is 25.5 Å². The molecule has 8 heteroatoms. The molecule has 0 aliphatic carbocycles. The minimum atomic E-state index is -1.16. The van der Waals surface area contributed by atoms with Gasteiger partial charge in [0.25, 0.3) is 0 Å². The molecule has 0 spiro atoms. The Labute approximate surface area is 223 Å². The van der Waals surface area contributed by atoms with Gasteiger partial charge in [-0.15, -0.1) is 17.9 Å². The van der Waals surface area contributed by atoms with Crippen LogP contribution in [0.3, 0.4) is 0 Å². The number of aromatic nitrogens is 1. The van der Waals surface area contributed by atoms with Crippen LogP contribution in [-0.2, 0) is 14.3 Å². The SMILES string of the molecule is C=CCC(C(=O)C(C)(C)C(O)CC=O)C(O)C(C)CCCC1(C)OC1C(O)c1ccc2sc(C)nc2c1. The summed E-state index contributed by atoms with van der Waals surface area (Å²) in [5.41, 5.74) is 0.0675. The fraction of sp³-hybridized carbons (Fsp3) is 0.621.